The average Bonchev–Trinajstić information content (AvgIpc) is 3.10. The number of rotatable bonds is 5. The Morgan fingerprint density at radius 1 is 1.07 bits per heavy atom. The van der Waals surface area contributed by atoms with Gasteiger partial charge in [0.2, 0.25) is 10.7 Å². The van der Waals surface area contributed by atoms with Gasteiger partial charge in [-0.25, -0.2) is 4.68 Å². The van der Waals surface area contributed by atoms with Gasteiger partial charge in [-0.3, -0.25) is 14.8 Å². The zero-order valence-electron chi connectivity index (χ0n) is 15.5. The summed E-state index contributed by atoms with van der Waals surface area (Å²) in [5.41, 5.74) is 1.87. The van der Waals surface area contributed by atoms with Gasteiger partial charge in [-0.1, -0.05) is 48.5 Å². The van der Waals surface area contributed by atoms with Crippen molar-refractivity contribution < 1.29 is 4.79 Å². The Balaban J connectivity index is 1.33. The first-order chi connectivity index (χ1) is 13.7. The van der Waals surface area contributed by atoms with Crippen molar-refractivity contribution in [2.24, 2.45) is 5.92 Å². The molecule has 2 aromatic carbocycles. The van der Waals surface area contributed by atoms with Gasteiger partial charge in [0.1, 0.15) is 0 Å². The second kappa shape index (κ2) is 8.50. The average molecular weight is 394 g/mol. The number of piperidine rings is 1. The molecular weight excluding hydrogens is 370 g/mol. The maximum absolute atomic E-state index is 12.5. The van der Waals surface area contributed by atoms with Crippen LogP contribution in [0, 0.1) is 10.7 Å². The summed E-state index contributed by atoms with van der Waals surface area (Å²) in [5.74, 6) is 0.934. The normalized spacial score (nSPS) is 15.4. The van der Waals surface area contributed by atoms with Crippen LogP contribution in [-0.2, 0) is 11.5 Å². The number of nitrogens with zero attached hydrogens (tertiary/aromatic N) is 3. The molecule has 2 heterocycles. The molecule has 4 rings (SSSR count). The maximum atomic E-state index is 12.5. The van der Waals surface area contributed by atoms with Crippen molar-refractivity contribution in [2.75, 3.05) is 18.4 Å². The molecule has 3 aromatic rings. The Kier molecular flexibility index (Phi) is 5.64. The third-order valence-electron chi connectivity index (χ3n) is 5.07. The van der Waals surface area contributed by atoms with Gasteiger partial charge >= 0.3 is 0 Å². The highest BCUT2D eigenvalue weighted by atomic mass is 32.1. The zero-order chi connectivity index (χ0) is 19.3. The number of aromatic nitrogens is 3. The van der Waals surface area contributed by atoms with Crippen LogP contribution in [0.2, 0.25) is 0 Å². The summed E-state index contributed by atoms with van der Waals surface area (Å²) < 4.78 is 2.44. The van der Waals surface area contributed by atoms with Crippen molar-refractivity contribution in [3.63, 3.8) is 0 Å². The summed E-state index contributed by atoms with van der Waals surface area (Å²) in [6.07, 6.45) is 1.68. The first-order valence-corrected chi connectivity index (χ1v) is 9.90. The van der Waals surface area contributed by atoms with Crippen LogP contribution in [0.1, 0.15) is 12.8 Å². The minimum absolute atomic E-state index is 0.0473. The van der Waals surface area contributed by atoms with E-state index in [1.165, 1.54) is 0 Å². The molecule has 0 radical (unpaired) electrons. The minimum atomic E-state index is 0.0473. The highest BCUT2D eigenvalue weighted by Crippen LogP contribution is 2.20. The van der Waals surface area contributed by atoms with Crippen LogP contribution in [0.5, 0.6) is 0 Å². The smallest absolute Gasteiger partial charge is 0.227 e. The van der Waals surface area contributed by atoms with E-state index in [-0.39, 0.29) is 11.8 Å². The first-order valence-electron chi connectivity index (χ1n) is 9.49. The maximum Gasteiger partial charge on any atom is 0.227 e. The summed E-state index contributed by atoms with van der Waals surface area (Å²) >= 11 is 5.41. The molecule has 0 atom stereocenters. The lowest BCUT2D eigenvalue weighted by Gasteiger charge is -2.31. The number of hydrogen-bond donors (Lipinski definition) is 2. The standard InChI is InChI=1S/C21H23N5OS/c27-20(22-18-9-5-2-6-10-18)17-11-13-25(14-12-17)15-26-21(28)23-19(24-26)16-7-3-1-4-8-16/h1-10,17H,11-15H2,(H,22,27)(H,23,24,28). The van der Waals surface area contributed by atoms with Gasteiger partial charge in [-0.2, -0.15) is 4.98 Å². The van der Waals surface area contributed by atoms with Crippen molar-refractivity contribution in [2.45, 2.75) is 19.5 Å². The predicted octanol–water partition coefficient (Wildman–Crippen LogP) is 3.92. The Bertz CT molecular complexity index is 975. The molecule has 7 heteroatoms. The first kappa shape index (κ1) is 18.6. The summed E-state index contributed by atoms with van der Waals surface area (Å²) in [6.45, 7) is 2.37. The molecule has 1 aliphatic rings. The molecule has 2 N–H and O–H groups in total. The fourth-order valence-corrected chi connectivity index (χ4v) is 3.67. The monoisotopic (exact) mass is 393 g/mol. The van der Waals surface area contributed by atoms with Crippen LogP contribution in [0.3, 0.4) is 0 Å². The molecule has 6 nitrogen and oxygen atoms in total. The van der Waals surface area contributed by atoms with Gasteiger partial charge in [0, 0.05) is 30.3 Å². The molecule has 1 amide bonds. The molecule has 1 saturated heterocycles. The quantitative estimate of drug-likeness (QED) is 0.645. The Morgan fingerprint density at radius 3 is 2.39 bits per heavy atom. The number of likely N-dealkylation sites (tertiary alicyclic amines) is 1. The molecule has 1 fully saturated rings. The third-order valence-corrected chi connectivity index (χ3v) is 5.38. The van der Waals surface area contributed by atoms with E-state index >= 15 is 0 Å². The zero-order valence-corrected chi connectivity index (χ0v) is 16.4. The van der Waals surface area contributed by atoms with E-state index in [0.717, 1.165) is 43.0 Å². The van der Waals surface area contributed by atoms with Crippen molar-refractivity contribution in [1.29, 1.82) is 0 Å². The van der Waals surface area contributed by atoms with Crippen LogP contribution in [-0.4, -0.2) is 38.7 Å². The predicted molar refractivity (Wildman–Crippen MR) is 112 cm³/mol. The minimum Gasteiger partial charge on any atom is -0.326 e. The van der Waals surface area contributed by atoms with Crippen LogP contribution >= 0.6 is 12.2 Å². The number of carbonyl (C=O) groups excluding carboxylic acids is 1. The molecule has 1 aromatic heterocycles. The lowest BCUT2D eigenvalue weighted by atomic mass is 9.96. The van der Waals surface area contributed by atoms with Gasteiger partial charge in [-0.15, -0.1) is 0 Å². The number of para-hydroxylation sites is 1. The van der Waals surface area contributed by atoms with Gasteiger partial charge in [-0.05, 0) is 37.2 Å². The fraction of sp³-hybridized carbons (Fsp3) is 0.286. The van der Waals surface area contributed by atoms with Gasteiger partial charge < -0.3 is 5.32 Å². The molecule has 1 aliphatic heterocycles. The molecule has 0 aliphatic carbocycles. The summed E-state index contributed by atoms with van der Waals surface area (Å²) in [4.78, 5) is 19.2. The number of benzene rings is 2. The number of H-pyrrole nitrogens is 1. The largest absolute Gasteiger partial charge is 0.326 e. The lowest BCUT2D eigenvalue weighted by Crippen LogP contribution is -2.39. The highest BCUT2D eigenvalue weighted by Gasteiger charge is 2.25. The van der Waals surface area contributed by atoms with E-state index in [9.17, 15) is 4.79 Å². The molecule has 0 spiro atoms. The van der Waals surface area contributed by atoms with E-state index in [0.29, 0.717) is 11.4 Å². The summed E-state index contributed by atoms with van der Waals surface area (Å²) in [6, 6.07) is 19.6. The van der Waals surface area contributed by atoms with Crippen LogP contribution < -0.4 is 5.32 Å². The molecule has 0 bridgehead atoms. The van der Waals surface area contributed by atoms with Crippen molar-refractivity contribution in [3.8, 4) is 11.4 Å². The number of hydrogen-bond acceptors (Lipinski definition) is 4. The van der Waals surface area contributed by atoms with Gasteiger partial charge in [0.05, 0.1) is 6.67 Å². The SMILES string of the molecule is O=C(Nc1ccccc1)C1CCN(Cn2[nH]c(-c3ccccc3)nc2=S)CC1. The number of nitrogens with one attached hydrogen (secondary N) is 2. The van der Waals surface area contributed by atoms with Crippen LogP contribution in [0.4, 0.5) is 5.69 Å². The second-order valence-electron chi connectivity index (χ2n) is 7.04. The Labute approximate surface area is 169 Å². The number of aromatic amines is 1. The summed E-state index contributed by atoms with van der Waals surface area (Å²) in [5, 5.41) is 6.30. The van der Waals surface area contributed by atoms with Crippen molar-refractivity contribution in [1.82, 2.24) is 19.7 Å². The number of carbonyl (C=O) groups is 1. The van der Waals surface area contributed by atoms with E-state index in [4.69, 9.17) is 12.2 Å². The highest BCUT2D eigenvalue weighted by molar-refractivity contribution is 7.71. The van der Waals surface area contributed by atoms with Gasteiger partial charge in [0.25, 0.3) is 0 Å². The van der Waals surface area contributed by atoms with Crippen molar-refractivity contribution >= 4 is 23.8 Å². The summed E-state index contributed by atoms with van der Waals surface area (Å²) in [7, 11) is 0. The Morgan fingerprint density at radius 2 is 1.71 bits per heavy atom. The van der Waals surface area contributed by atoms with Crippen molar-refractivity contribution in [3.05, 3.63) is 65.4 Å². The molecule has 28 heavy (non-hydrogen) atoms. The topological polar surface area (TPSA) is 66.0 Å². The number of anilines is 1. The van der Waals surface area contributed by atoms with E-state index in [2.05, 4.69) is 20.3 Å². The Hall–Kier alpha value is -2.77. The lowest BCUT2D eigenvalue weighted by molar-refractivity contribution is -0.121. The fourth-order valence-electron chi connectivity index (χ4n) is 3.48. The van der Waals surface area contributed by atoms with Gasteiger partial charge in [0.15, 0.2) is 5.82 Å². The second-order valence-corrected chi connectivity index (χ2v) is 7.40. The van der Waals surface area contributed by atoms with E-state index in [1.54, 1.807) is 0 Å². The number of amides is 1. The molecular formula is C21H23N5OS. The molecule has 0 saturated carbocycles. The molecule has 144 valence electrons. The van der Waals surface area contributed by atoms with E-state index < -0.39 is 0 Å². The van der Waals surface area contributed by atoms with Crippen LogP contribution in [0.25, 0.3) is 11.4 Å². The van der Waals surface area contributed by atoms with E-state index in [1.807, 2.05) is 65.3 Å². The van der Waals surface area contributed by atoms with Crippen LogP contribution in [0.15, 0.2) is 60.7 Å². The molecule has 0 unspecified atom stereocenters. The third kappa shape index (κ3) is 4.37.